The fraction of sp³-hybridized carbons (Fsp3) is 0.714. The molecule has 0 amide bonds. The number of rotatable bonds is 1. The average Bonchev–Trinajstić information content (AvgIpc) is 2.01. The van der Waals surface area contributed by atoms with Gasteiger partial charge in [-0.05, 0) is 12.5 Å². The van der Waals surface area contributed by atoms with E-state index in [0.29, 0.717) is 0 Å². The molecular formula is C7H10F2O3. The van der Waals surface area contributed by atoms with Crippen molar-refractivity contribution in [2.45, 2.75) is 24.0 Å². The molecule has 0 aliphatic heterocycles. The minimum absolute atomic E-state index is 0.213. The van der Waals surface area contributed by atoms with E-state index in [1.54, 1.807) is 0 Å². The molecule has 0 aromatic carbocycles. The lowest BCUT2D eigenvalue weighted by Crippen LogP contribution is -2.57. The van der Waals surface area contributed by atoms with Crippen LogP contribution in [0.25, 0.3) is 0 Å². The lowest BCUT2D eigenvalue weighted by atomic mass is 9.85. The first-order valence-electron chi connectivity index (χ1n) is 3.51. The number of hydrogen-bond acceptors (Lipinski definition) is 3. The number of alkyl halides is 2. The summed E-state index contributed by atoms with van der Waals surface area (Å²) in [5.74, 6) is -3.68. The molecule has 3 nitrogen and oxygen atoms in total. The van der Waals surface area contributed by atoms with E-state index in [1.807, 2.05) is 0 Å². The van der Waals surface area contributed by atoms with Crippen LogP contribution >= 0.6 is 0 Å². The Labute approximate surface area is 67.9 Å². The summed E-state index contributed by atoms with van der Waals surface area (Å²) >= 11 is 0. The quantitative estimate of drug-likeness (QED) is 0.484. The van der Waals surface area contributed by atoms with E-state index in [1.165, 1.54) is 6.08 Å². The fourth-order valence-electron chi connectivity index (χ4n) is 1.10. The second-order valence-corrected chi connectivity index (χ2v) is 2.86. The fourth-order valence-corrected chi connectivity index (χ4v) is 1.10. The standard InChI is InChI=1S/C7H10F2O3/c8-7(9)5(11)2-1-3-6(7,12)4-10/h1,3,5,10-12H,2,4H2/t5-,6-/m1/s1. The van der Waals surface area contributed by atoms with Crippen LogP contribution in [0.15, 0.2) is 12.2 Å². The Hall–Kier alpha value is -0.520. The lowest BCUT2D eigenvalue weighted by molar-refractivity contribution is -0.225. The summed E-state index contributed by atoms with van der Waals surface area (Å²) in [6.45, 7) is -1.10. The van der Waals surface area contributed by atoms with Crippen molar-refractivity contribution >= 4 is 0 Å². The van der Waals surface area contributed by atoms with Crippen molar-refractivity contribution in [1.29, 1.82) is 0 Å². The predicted molar refractivity (Wildman–Crippen MR) is 36.7 cm³/mol. The van der Waals surface area contributed by atoms with Gasteiger partial charge in [0.15, 0.2) is 5.60 Å². The maximum atomic E-state index is 12.9. The summed E-state index contributed by atoms with van der Waals surface area (Å²) < 4.78 is 25.9. The van der Waals surface area contributed by atoms with E-state index in [2.05, 4.69) is 0 Å². The minimum atomic E-state index is -3.68. The zero-order valence-electron chi connectivity index (χ0n) is 6.24. The first kappa shape index (κ1) is 9.57. The van der Waals surface area contributed by atoms with Gasteiger partial charge in [0, 0.05) is 0 Å². The molecule has 0 spiro atoms. The SMILES string of the molecule is OC[C@]1(O)C=CC[C@@H](O)C1(F)F. The van der Waals surface area contributed by atoms with E-state index >= 15 is 0 Å². The number of hydrogen-bond donors (Lipinski definition) is 3. The molecule has 0 unspecified atom stereocenters. The summed E-state index contributed by atoms with van der Waals surface area (Å²) in [6, 6.07) is 0. The number of halogens is 2. The van der Waals surface area contributed by atoms with E-state index in [0.717, 1.165) is 6.08 Å². The Bertz CT molecular complexity index is 205. The zero-order valence-corrected chi connectivity index (χ0v) is 6.24. The van der Waals surface area contributed by atoms with Crippen molar-refractivity contribution in [3.05, 3.63) is 12.2 Å². The summed E-state index contributed by atoms with van der Waals surface area (Å²) in [5, 5.41) is 26.5. The van der Waals surface area contributed by atoms with Crippen LogP contribution in [0.1, 0.15) is 6.42 Å². The molecule has 0 radical (unpaired) electrons. The van der Waals surface area contributed by atoms with Crippen molar-refractivity contribution in [3.63, 3.8) is 0 Å². The first-order valence-corrected chi connectivity index (χ1v) is 3.51. The van der Waals surface area contributed by atoms with Gasteiger partial charge in [-0.25, -0.2) is 8.78 Å². The van der Waals surface area contributed by atoms with Crippen LogP contribution in [0.5, 0.6) is 0 Å². The highest BCUT2D eigenvalue weighted by Gasteiger charge is 2.57. The molecule has 0 saturated heterocycles. The van der Waals surface area contributed by atoms with Gasteiger partial charge in [-0.15, -0.1) is 0 Å². The van der Waals surface area contributed by atoms with Gasteiger partial charge in [-0.1, -0.05) is 6.08 Å². The molecule has 2 atom stereocenters. The largest absolute Gasteiger partial charge is 0.393 e. The lowest BCUT2D eigenvalue weighted by Gasteiger charge is -2.37. The number of aliphatic hydroxyl groups is 3. The Morgan fingerprint density at radius 2 is 2.08 bits per heavy atom. The third kappa shape index (κ3) is 1.14. The second-order valence-electron chi connectivity index (χ2n) is 2.86. The van der Waals surface area contributed by atoms with Crippen LogP contribution < -0.4 is 0 Å². The zero-order chi connectivity index (χ0) is 9.41. The van der Waals surface area contributed by atoms with Crippen molar-refractivity contribution in [2.75, 3.05) is 6.61 Å². The van der Waals surface area contributed by atoms with Gasteiger partial charge in [-0.3, -0.25) is 0 Å². The van der Waals surface area contributed by atoms with Gasteiger partial charge in [0.25, 0.3) is 0 Å². The second kappa shape index (κ2) is 2.76. The topological polar surface area (TPSA) is 60.7 Å². The molecule has 3 N–H and O–H groups in total. The Morgan fingerprint density at radius 3 is 2.50 bits per heavy atom. The molecule has 12 heavy (non-hydrogen) atoms. The summed E-state index contributed by atoms with van der Waals surface area (Å²) in [6.07, 6.45) is -0.104. The van der Waals surface area contributed by atoms with Crippen LogP contribution in [0, 0.1) is 0 Å². The molecule has 0 saturated carbocycles. The van der Waals surface area contributed by atoms with E-state index in [4.69, 9.17) is 15.3 Å². The third-order valence-corrected chi connectivity index (χ3v) is 1.99. The van der Waals surface area contributed by atoms with Crippen LogP contribution in [0.2, 0.25) is 0 Å². The number of aliphatic hydroxyl groups excluding tert-OH is 2. The molecule has 0 fully saturated rings. The van der Waals surface area contributed by atoms with Gasteiger partial charge in [0.05, 0.1) is 6.61 Å². The van der Waals surface area contributed by atoms with E-state index in [9.17, 15) is 8.78 Å². The highest BCUT2D eigenvalue weighted by atomic mass is 19.3. The minimum Gasteiger partial charge on any atom is -0.393 e. The summed E-state index contributed by atoms with van der Waals surface area (Å²) in [5.41, 5.74) is -2.62. The van der Waals surface area contributed by atoms with Crippen LogP contribution in [0.3, 0.4) is 0 Å². The van der Waals surface area contributed by atoms with Gasteiger partial charge in [-0.2, -0.15) is 0 Å². The van der Waals surface area contributed by atoms with Crippen LogP contribution in [-0.2, 0) is 0 Å². The molecule has 0 aromatic heterocycles. The molecule has 0 aromatic rings. The molecule has 0 heterocycles. The Balaban J connectivity index is 3.00. The molecule has 1 aliphatic carbocycles. The molecule has 0 bridgehead atoms. The van der Waals surface area contributed by atoms with Crippen LogP contribution in [-0.4, -0.2) is 39.6 Å². The van der Waals surface area contributed by atoms with Crippen molar-refractivity contribution in [1.82, 2.24) is 0 Å². The van der Waals surface area contributed by atoms with E-state index in [-0.39, 0.29) is 6.42 Å². The summed E-state index contributed by atoms with van der Waals surface area (Å²) in [4.78, 5) is 0. The van der Waals surface area contributed by atoms with Gasteiger partial charge >= 0.3 is 5.92 Å². The highest BCUT2D eigenvalue weighted by Crippen LogP contribution is 2.37. The monoisotopic (exact) mass is 180 g/mol. The smallest absolute Gasteiger partial charge is 0.307 e. The predicted octanol–water partition coefficient (Wildman–Crippen LogP) is -0.334. The van der Waals surface area contributed by atoms with Crippen molar-refractivity contribution in [3.8, 4) is 0 Å². The maximum Gasteiger partial charge on any atom is 0.307 e. The van der Waals surface area contributed by atoms with Crippen LogP contribution in [0.4, 0.5) is 8.78 Å². The maximum absolute atomic E-state index is 12.9. The molecular weight excluding hydrogens is 170 g/mol. The molecule has 5 heteroatoms. The average molecular weight is 180 g/mol. The molecule has 1 aliphatic rings. The van der Waals surface area contributed by atoms with Gasteiger partial charge < -0.3 is 15.3 Å². The Kier molecular flexibility index (Phi) is 2.20. The molecule has 1 rings (SSSR count). The normalized spacial score (nSPS) is 39.9. The Morgan fingerprint density at radius 1 is 1.50 bits per heavy atom. The van der Waals surface area contributed by atoms with Crippen molar-refractivity contribution < 1.29 is 24.1 Å². The van der Waals surface area contributed by atoms with Gasteiger partial charge in [0.2, 0.25) is 0 Å². The molecule has 70 valence electrons. The van der Waals surface area contributed by atoms with E-state index < -0.39 is 24.2 Å². The highest BCUT2D eigenvalue weighted by molar-refractivity contribution is 5.16. The van der Waals surface area contributed by atoms with Gasteiger partial charge in [0.1, 0.15) is 6.10 Å². The first-order chi connectivity index (χ1) is 5.44. The third-order valence-electron chi connectivity index (χ3n) is 1.99. The van der Waals surface area contributed by atoms with Crippen molar-refractivity contribution in [2.24, 2.45) is 0 Å². The summed E-state index contributed by atoms with van der Waals surface area (Å²) in [7, 11) is 0.